The van der Waals surface area contributed by atoms with Crippen molar-refractivity contribution in [1.82, 2.24) is 4.72 Å². The van der Waals surface area contributed by atoms with Crippen molar-refractivity contribution in [1.29, 1.82) is 0 Å². The predicted molar refractivity (Wildman–Crippen MR) is 113 cm³/mol. The Hall–Kier alpha value is -3.17. The standard InChI is InChI=1S/C21H18F3N3O2S/c22-21(23,24)13-25-30-17-9-10-18(14-5-2-1-3-6-14)19(12-17)27-20(29)26-15-7-4-8-16(28)11-15/h1-12,25,28H,13H2,(H2,26,27,29). The zero-order valence-electron chi connectivity index (χ0n) is 15.5. The van der Waals surface area contributed by atoms with Crippen molar-refractivity contribution >= 4 is 29.4 Å². The normalized spacial score (nSPS) is 11.2. The van der Waals surface area contributed by atoms with E-state index in [1.54, 1.807) is 30.3 Å². The Bertz CT molecular complexity index is 1010. The molecule has 0 unspecified atom stereocenters. The summed E-state index contributed by atoms with van der Waals surface area (Å²) in [5.74, 6) is 0.00640. The second kappa shape index (κ2) is 9.55. The van der Waals surface area contributed by atoms with Crippen molar-refractivity contribution in [2.24, 2.45) is 0 Å². The Morgan fingerprint density at radius 1 is 0.933 bits per heavy atom. The van der Waals surface area contributed by atoms with Crippen molar-refractivity contribution in [3.63, 3.8) is 0 Å². The van der Waals surface area contributed by atoms with E-state index in [1.165, 1.54) is 12.1 Å². The van der Waals surface area contributed by atoms with E-state index in [9.17, 15) is 23.1 Å². The van der Waals surface area contributed by atoms with E-state index in [2.05, 4.69) is 15.4 Å². The molecule has 0 bridgehead atoms. The number of carbonyl (C=O) groups is 1. The first kappa shape index (κ1) is 21.5. The number of anilines is 2. The van der Waals surface area contributed by atoms with Gasteiger partial charge in [0.05, 0.1) is 5.69 Å². The molecule has 0 aliphatic carbocycles. The minimum Gasteiger partial charge on any atom is -0.508 e. The third-order valence-corrected chi connectivity index (χ3v) is 4.67. The van der Waals surface area contributed by atoms with Crippen LogP contribution >= 0.6 is 11.9 Å². The Morgan fingerprint density at radius 2 is 1.70 bits per heavy atom. The van der Waals surface area contributed by atoms with Gasteiger partial charge in [0.1, 0.15) is 12.3 Å². The Balaban J connectivity index is 1.81. The summed E-state index contributed by atoms with van der Waals surface area (Å²) >= 11 is 0.824. The number of aromatic hydroxyl groups is 1. The topological polar surface area (TPSA) is 73.4 Å². The second-order valence-electron chi connectivity index (χ2n) is 6.24. The minimum atomic E-state index is -4.32. The SMILES string of the molecule is O=C(Nc1cccc(O)c1)Nc1cc(SNCC(F)(F)F)ccc1-c1ccccc1. The molecule has 2 amide bonds. The molecule has 3 aromatic carbocycles. The van der Waals surface area contributed by atoms with Crippen LogP contribution in [0.4, 0.5) is 29.3 Å². The Kier molecular flexibility index (Phi) is 6.86. The summed E-state index contributed by atoms with van der Waals surface area (Å²) in [6.07, 6.45) is -4.32. The van der Waals surface area contributed by atoms with Gasteiger partial charge < -0.3 is 15.7 Å². The van der Waals surface area contributed by atoms with Gasteiger partial charge in [-0.2, -0.15) is 13.2 Å². The molecular weight excluding hydrogens is 415 g/mol. The van der Waals surface area contributed by atoms with Crippen molar-refractivity contribution in [2.75, 3.05) is 17.2 Å². The lowest BCUT2D eigenvalue weighted by Crippen LogP contribution is -2.23. The zero-order chi connectivity index (χ0) is 21.6. The molecule has 0 fully saturated rings. The summed E-state index contributed by atoms with van der Waals surface area (Å²) in [6, 6.07) is 19.8. The minimum absolute atomic E-state index is 0.00640. The van der Waals surface area contributed by atoms with Crippen LogP contribution in [0.15, 0.2) is 77.7 Å². The molecule has 4 N–H and O–H groups in total. The monoisotopic (exact) mass is 433 g/mol. The molecule has 3 aromatic rings. The maximum Gasteiger partial charge on any atom is 0.402 e. The van der Waals surface area contributed by atoms with Gasteiger partial charge in [-0.1, -0.05) is 42.5 Å². The van der Waals surface area contributed by atoms with Gasteiger partial charge in [-0.3, -0.25) is 4.72 Å². The molecule has 0 aliphatic heterocycles. The van der Waals surface area contributed by atoms with Crippen LogP contribution in [0.2, 0.25) is 0 Å². The molecule has 30 heavy (non-hydrogen) atoms. The summed E-state index contributed by atoms with van der Waals surface area (Å²) in [4.78, 5) is 13.0. The lowest BCUT2D eigenvalue weighted by molar-refractivity contribution is -0.120. The number of urea groups is 1. The first-order valence-corrected chi connectivity index (χ1v) is 9.65. The number of alkyl halides is 3. The fourth-order valence-electron chi connectivity index (χ4n) is 2.63. The highest BCUT2D eigenvalue weighted by molar-refractivity contribution is 7.97. The molecular formula is C21H18F3N3O2S. The van der Waals surface area contributed by atoms with E-state index >= 15 is 0 Å². The highest BCUT2D eigenvalue weighted by Crippen LogP contribution is 2.32. The lowest BCUT2D eigenvalue weighted by atomic mass is 10.0. The molecule has 0 heterocycles. The third kappa shape index (κ3) is 6.43. The van der Waals surface area contributed by atoms with Gasteiger partial charge in [-0.25, -0.2) is 4.79 Å². The summed E-state index contributed by atoms with van der Waals surface area (Å²) in [5.41, 5.74) is 2.37. The number of hydrogen-bond acceptors (Lipinski definition) is 4. The Morgan fingerprint density at radius 3 is 2.40 bits per heavy atom. The van der Waals surface area contributed by atoms with Crippen LogP contribution in [0.25, 0.3) is 11.1 Å². The third-order valence-electron chi connectivity index (χ3n) is 3.89. The smallest absolute Gasteiger partial charge is 0.402 e. The number of phenolic OH excluding ortho intramolecular Hbond substituents is 1. The van der Waals surface area contributed by atoms with E-state index in [0.717, 1.165) is 17.5 Å². The molecule has 5 nitrogen and oxygen atoms in total. The molecule has 0 saturated carbocycles. The van der Waals surface area contributed by atoms with Crippen LogP contribution in [-0.2, 0) is 0 Å². The first-order valence-electron chi connectivity index (χ1n) is 8.83. The van der Waals surface area contributed by atoms with Crippen LogP contribution in [0, 0.1) is 0 Å². The van der Waals surface area contributed by atoms with Gasteiger partial charge in [0, 0.05) is 22.2 Å². The maximum absolute atomic E-state index is 12.5. The van der Waals surface area contributed by atoms with Crippen LogP contribution in [0.1, 0.15) is 0 Å². The lowest BCUT2D eigenvalue weighted by Gasteiger charge is -2.15. The fraction of sp³-hybridized carbons (Fsp3) is 0.0952. The largest absolute Gasteiger partial charge is 0.508 e. The summed E-state index contributed by atoms with van der Waals surface area (Å²) < 4.78 is 39.4. The van der Waals surface area contributed by atoms with E-state index in [4.69, 9.17) is 0 Å². The van der Waals surface area contributed by atoms with Gasteiger partial charge in [-0.05, 0) is 41.8 Å². The van der Waals surface area contributed by atoms with Crippen LogP contribution in [0.5, 0.6) is 5.75 Å². The molecule has 0 aromatic heterocycles. The molecule has 0 aliphatic rings. The number of carbonyl (C=O) groups excluding carboxylic acids is 1. The summed E-state index contributed by atoms with van der Waals surface area (Å²) in [7, 11) is 0. The van der Waals surface area contributed by atoms with Crippen LogP contribution in [-0.4, -0.2) is 23.9 Å². The number of nitrogens with one attached hydrogen (secondary N) is 3. The van der Waals surface area contributed by atoms with Gasteiger partial charge in [-0.15, -0.1) is 0 Å². The van der Waals surface area contributed by atoms with E-state index in [0.29, 0.717) is 21.8 Å². The van der Waals surface area contributed by atoms with E-state index in [-0.39, 0.29) is 5.75 Å². The van der Waals surface area contributed by atoms with E-state index in [1.807, 2.05) is 30.3 Å². The number of rotatable bonds is 6. The van der Waals surface area contributed by atoms with E-state index < -0.39 is 18.8 Å². The highest BCUT2D eigenvalue weighted by atomic mass is 32.2. The number of benzene rings is 3. The number of hydrogen-bond donors (Lipinski definition) is 4. The summed E-state index contributed by atoms with van der Waals surface area (Å²) in [5, 5.41) is 14.9. The highest BCUT2D eigenvalue weighted by Gasteiger charge is 2.26. The molecule has 0 spiro atoms. The van der Waals surface area contributed by atoms with Gasteiger partial charge in [0.25, 0.3) is 0 Å². The van der Waals surface area contributed by atoms with Crippen molar-refractivity contribution in [3.8, 4) is 16.9 Å². The number of phenols is 1. The average Bonchev–Trinajstić information content (AvgIpc) is 2.68. The second-order valence-corrected chi connectivity index (χ2v) is 7.21. The zero-order valence-corrected chi connectivity index (χ0v) is 16.3. The molecule has 0 radical (unpaired) electrons. The van der Waals surface area contributed by atoms with Crippen molar-refractivity contribution < 1.29 is 23.1 Å². The molecule has 9 heteroatoms. The van der Waals surface area contributed by atoms with Gasteiger partial charge >= 0.3 is 12.2 Å². The molecule has 0 atom stereocenters. The van der Waals surface area contributed by atoms with Crippen LogP contribution < -0.4 is 15.4 Å². The molecule has 156 valence electrons. The molecule has 3 rings (SSSR count). The first-order chi connectivity index (χ1) is 14.3. The predicted octanol–water partition coefficient (Wildman–Crippen LogP) is 5.86. The fourth-order valence-corrected chi connectivity index (χ4v) is 3.34. The summed E-state index contributed by atoms with van der Waals surface area (Å²) in [6.45, 7) is -1.14. The van der Waals surface area contributed by atoms with Gasteiger partial charge in [0.15, 0.2) is 0 Å². The van der Waals surface area contributed by atoms with Crippen molar-refractivity contribution in [3.05, 3.63) is 72.8 Å². The van der Waals surface area contributed by atoms with Crippen molar-refractivity contribution in [2.45, 2.75) is 11.1 Å². The average molecular weight is 433 g/mol. The number of amides is 2. The molecule has 0 saturated heterocycles. The Labute approximate surface area is 175 Å². The van der Waals surface area contributed by atoms with Crippen LogP contribution in [0.3, 0.4) is 0 Å². The number of halogens is 3. The van der Waals surface area contributed by atoms with Gasteiger partial charge in [0.2, 0.25) is 0 Å². The maximum atomic E-state index is 12.5. The quantitative estimate of drug-likeness (QED) is 0.367.